The summed E-state index contributed by atoms with van der Waals surface area (Å²) in [5.41, 5.74) is 1.13. The zero-order valence-electron chi connectivity index (χ0n) is 8.86. The molecule has 5 heteroatoms. The average Bonchev–Trinajstić information content (AvgIpc) is 2.61. The van der Waals surface area contributed by atoms with Crippen LogP contribution in [0.15, 0.2) is 6.20 Å². The average molecular weight is 198 g/mol. The Morgan fingerprint density at radius 2 is 2.43 bits per heavy atom. The van der Waals surface area contributed by atoms with E-state index in [4.69, 9.17) is 4.74 Å². The highest BCUT2D eigenvalue weighted by atomic mass is 16.5. The lowest BCUT2D eigenvalue weighted by atomic mass is 10.4. The molecule has 0 bridgehead atoms. The van der Waals surface area contributed by atoms with Crippen molar-refractivity contribution < 1.29 is 4.74 Å². The van der Waals surface area contributed by atoms with Crippen molar-refractivity contribution in [1.82, 2.24) is 20.3 Å². The van der Waals surface area contributed by atoms with Crippen molar-refractivity contribution in [2.75, 3.05) is 20.3 Å². The second kappa shape index (κ2) is 6.50. The van der Waals surface area contributed by atoms with Crippen LogP contribution in [0, 0.1) is 0 Å². The van der Waals surface area contributed by atoms with Gasteiger partial charge in [-0.1, -0.05) is 12.1 Å². The van der Waals surface area contributed by atoms with Crippen LogP contribution in [-0.2, 0) is 17.8 Å². The van der Waals surface area contributed by atoms with Gasteiger partial charge in [0.05, 0.1) is 18.5 Å². The number of ether oxygens (including phenoxy) is 1. The SMILES string of the molecule is CCCn1nncc1CNCCOC. The van der Waals surface area contributed by atoms with Crippen molar-refractivity contribution in [2.24, 2.45) is 0 Å². The van der Waals surface area contributed by atoms with Crippen molar-refractivity contribution >= 4 is 0 Å². The molecule has 5 nitrogen and oxygen atoms in total. The number of nitrogens with zero attached hydrogens (tertiary/aromatic N) is 3. The van der Waals surface area contributed by atoms with Gasteiger partial charge in [0.2, 0.25) is 0 Å². The van der Waals surface area contributed by atoms with Crippen LogP contribution >= 0.6 is 0 Å². The third kappa shape index (κ3) is 3.43. The quantitative estimate of drug-likeness (QED) is 0.645. The third-order valence-electron chi connectivity index (χ3n) is 1.92. The highest BCUT2D eigenvalue weighted by Crippen LogP contribution is 1.96. The summed E-state index contributed by atoms with van der Waals surface area (Å²) in [4.78, 5) is 0. The summed E-state index contributed by atoms with van der Waals surface area (Å²) in [5, 5.41) is 11.1. The van der Waals surface area contributed by atoms with Crippen LogP contribution in [0.5, 0.6) is 0 Å². The van der Waals surface area contributed by atoms with E-state index in [0.717, 1.165) is 38.4 Å². The summed E-state index contributed by atoms with van der Waals surface area (Å²) < 4.78 is 6.87. The molecule has 1 aromatic rings. The molecule has 0 radical (unpaired) electrons. The molecule has 80 valence electrons. The molecule has 0 amide bonds. The predicted octanol–water partition coefficient (Wildman–Crippen LogP) is 0.424. The minimum atomic E-state index is 0.731. The largest absolute Gasteiger partial charge is 0.383 e. The maximum absolute atomic E-state index is 4.94. The number of rotatable bonds is 7. The topological polar surface area (TPSA) is 52.0 Å². The van der Waals surface area contributed by atoms with E-state index in [1.807, 2.05) is 4.68 Å². The number of hydrogen-bond acceptors (Lipinski definition) is 4. The van der Waals surface area contributed by atoms with Crippen LogP contribution in [0.25, 0.3) is 0 Å². The molecule has 0 spiro atoms. The molecule has 1 aromatic heterocycles. The molecule has 1 N–H and O–H groups in total. The van der Waals surface area contributed by atoms with E-state index in [1.54, 1.807) is 13.3 Å². The first-order valence-electron chi connectivity index (χ1n) is 4.95. The molecule has 1 rings (SSSR count). The van der Waals surface area contributed by atoms with Crippen molar-refractivity contribution in [3.63, 3.8) is 0 Å². The van der Waals surface area contributed by atoms with Gasteiger partial charge in [0.25, 0.3) is 0 Å². The molecule has 1 heterocycles. The van der Waals surface area contributed by atoms with E-state index in [1.165, 1.54) is 0 Å². The van der Waals surface area contributed by atoms with Gasteiger partial charge in [-0.25, -0.2) is 4.68 Å². The highest BCUT2D eigenvalue weighted by Gasteiger charge is 2.01. The van der Waals surface area contributed by atoms with Gasteiger partial charge in [0.15, 0.2) is 0 Å². The lowest BCUT2D eigenvalue weighted by Crippen LogP contribution is -2.20. The second-order valence-electron chi connectivity index (χ2n) is 3.12. The summed E-state index contributed by atoms with van der Waals surface area (Å²) in [6, 6.07) is 0. The van der Waals surface area contributed by atoms with E-state index < -0.39 is 0 Å². The highest BCUT2D eigenvalue weighted by molar-refractivity contribution is 4.93. The molecule has 0 aliphatic heterocycles. The normalized spacial score (nSPS) is 10.7. The van der Waals surface area contributed by atoms with Crippen LogP contribution in [-0.4, -0.2) is 35.3 Å². The summed E-state index contributed by atoms with van der Waals surface area (Å²) in [6.45, 7) is 5.45. The minimum Gasteiger partial charge on any atom is -0.383 e. The van der Waals surface area contributed by atoms with Gasteiger partial charge in [-0.3, -0.25) is 0 Å². The van der Waals surface area contributed by atoms with Crippen LogP contribution < -0.4 is 5.32 Å². The standard InChI is InChI=1S/C9H18N4O/c1-3-5-13-9(8-11-12-13)7-10-4-6-14-2/h8,10H,3-7H2,1-2H3. The molecule has 0 saturated heterocycles. The predicted molar refractivity (Wildman–Crippen MR) is 53.9 cm³/mol. The summed E-state index contributed by atoms with van der Waals surface area (Å²) in [6.07, 6.45) is 2.88. The van der Waals surface area contributed by atoms with Gasteiger partial charge < -0.3 is 10.1 Å². The van der Waals surface area contributed by atoms with E-state index in [9.17, 15) is 0 Å². The number of methoxy groups -OCH3 is 1. The monoisotopic (exact) mass is 198 g/mol. The third-order valence-corrected chi connectivity index (χ3v) is 1.92. The molecular formula is C9H18N4O. The van der Waals surface area contributed by atoms with Gasteiger partial charge in [-0.2, -0.15) is 0 Å². The Morgan fingerprint density at radius 1 is 1.57 bits per heavy atom. The molecule has 0 aliphatic carbocycles. The minimum absolute atomic E-state index is 0.731. The Labute approximate surface area is 84.4 Å². The van der Waals surface area contributed by atoms with Gasteiger partial charge in [-0.15, -0.1) is 5.10 Å². The number of nitrogens with one attached hydrogen (secondary N) is 1. The number of hydrogen-bond donors (Lipinski definition) is 1. The fourth-order valence-electron chi connectivity index (χ4n) is 1.21. The molecule has 0 unspecified atom stereocenters. The van der Waals surface area contributed by atoms with Gasteiger partial charge in [-0.05, 0) is 6.42 Å². The molecule has 0 aliphatic rings. The fraction of sp³-hybridized carbons (Fsp3) is 0.778. The zero-order valence-corrected chi connectivity index (χ0v) is 8.86. The molecule has 0 saturated carbocycles. The first-order chi connectivity index (χ1) is 6.88. The Hall–Kier alpha value is -0.940. The summed E-state index contributed by atoms with van der Waals surface area (Å²) in [7, 11) is 1.70. The Bertz CT molecular complexity index is 249. The van der Waals surface area contributed by atoms with Crippen LogP contribution in [0.1, 0.15) is 19.0 Å². The Morgan fingerprint density at radius 3 is 3.14 bits per heavy atom. The van der Waals surface area contributed by atoms with Gasteiger partial charge in [0, 0.05) is 26.7 Å². The van der Waals surface area contributed by atoms with E-state index in [0.29, 0.717) is 0 Å². The van der Waals surface area contributed by atoms with E-state index >= 15 is 0 Å². The lowest BCUT2D eigenvalue weighted by molar-refractivity contribution is 0.199. The molecular weight excluding hydrogens is 180 g/mol. The lowest BCUT2D eigenvalue weighted by Gasteiger charge is -2.05. The number of aromatic nitrogens is 3. The maximum Gasteiger partial charge on any atom is 0.0738 e. The van der Waals surface area contributed by atoms with E-state index in [-0.39, 0.29) is 0 Å². The maximum atomic E-state index is 4.94. The van der Waals surface area contributed by atoms with Crippen LogP contribution in [0.3, 0.4) is 0 Å². The van der Waals surface area contributed by atoms with Gasteiger partial charge >= 0.3 is 0 Å². The second-order valence-corrected chi connectivity index (χ2v) is 3.12. The first kappa shape index (κ1) is 11.1. The molecule has 14 heavy (non-hydrogen) atoms. The molecule has 0 aromatic carbocycles. The summed E-state index contributed by atoms with van der Waals surface area (Å²) in [5.74, 6) is 0. The van der Waals surface area contributed by atoms with Gasteiger partial charge in [0.1, 0.15) is 0 Å². The van der Waals surface area contributed by atoms with E-state index in [2.05, 4.69) is 22.6 Å². The van der Waals surface area contributed by atoms with Crippen LogP contribution in [0.4, 0.5) is 0 Å². The molecule has 0 fully saturated rings. The van der Waals surface area contributed by atoms with Crippen molar-refractivity contribution in [3.05, 3.63) is 11.9 Å². The van der Waals surface area contributed by atoms with Crippen LogP contribution in [0.2, 0.25) is 0 Å². The summed E-state index contributed by atoms with van der Waals surface area (Å²) >= 11 is 0. The zero-order chi connectivity index (χ0) is 10.2. The van der Waals surface area contributed by atoms with Crippen molar-refractivity contribution in [1.29, 1.82) is 0 Å². The van der Waals surface area contributed by atoms with Crippen molar-refractivity contribution in [2.45, 2.75) is 26.4 Å². The Kier molecular flexibility index (Phi) is 5.17. The first-order valence-corrected chi connectivity index (χ1v) is 4.95. The fourth-order valence-corrected chi connectivity index (χ4v) is 1.21. The smallest absolute Gasteiger partial charge is 0.0738 e. The van der Waals surface area contributed by atoms with Crippen molar-refractivity contribution in [3.8, 4) is 0 Å². The molecule has 0 atom stereocenters. The Balaban J connectivity index is 2.30. The number of aryl methyl sites for hydroxylation is 1.